The Morgan fingerprint density at radius 3 is 1.04 bits per heavy atom. The molecule has 4 fully saturated rings. The van der Waals surface area contributed by atoms with Crippen LogP contribution in [0, 0.1) is 70.2 Å². The van der Waals surface area contributed by atoms with Crippen molar-refractivity contribution in [1.29, 1.82) is 0 Å². The van der Waals surface area contributed by atoms with E-state index >= 15 is 35.1 Å². The molecule has 0 amide bonds. The molecule has 2 saturated carbocycles. The van der Waals surface area contributed by atoms with E-state index in [9.17, 15) is 35.1 Å². The average Bonchev–Trinajstić information content (AvgIpc) is 3.92. The van der Waals surface area contributed by atoms with E-state index in [0.717, 1.165) is 0 Å². The standard InChI is InChI=1S/C32H14F16N8.Cu/c33-9-1-2(10(34)18(42)17(9)41)26-49-25(1)53-27-3-4(12(36)20(44)19(43)11(3)35)29(50-27)55-31-7-8(16(40)24(48)23(47)15(7)39)32(52-31)56-30-6-5(28(51-30)54-26)13(37)21(45)22(46)14(6)38;/h1-2,7-10,15-18,23-25,31H;/q-4;+2. The van der Waals surface area contributed by atoms with Gasteiger partial charge < -0.3 is 40.6 Å². The van der Waals surface area contributed by atoms with Crippen molar-refractivity contribution in [1.82, 2.24) is 9.97 Å². The van der Waals surface area contributed by atoms with Gasteiger partial charge in [-0.1, -0.05) is 11.7 Å². The number of amidine groups is 2. The Bertz CT molecular complexity index is 2400. The van der Waals surface area contributed by atoms with Gasteiger partial charge in [0, 0.05) is 68.5 Å². The first-order valence-corrected chi connectivity index (χ1v) is 16.2. The maximum atomic E-state index is 15.6. The third-order valence-electron chi connectivity index (χ3n) is 10.7. The van der Waals surface area contributed by atoms with Crippen molar-refractivity contribution in [2.75, 3.05) is 0 Å². The van der Waals surface area contributed by atoms with Crippen molar-refractivity contribution >= 4 is 44.9 Å². The van der Waals surface area contributed by atoms with Gasteiger partial charge in [0.15, 0.2) is 71.2 Å². The molecule has 4 aromatic rings. The number of nitrogens with zero attached hydrogens (tertiary/aromatic N) is 8. The van der Waals surface area contributed by atoms with Crippen molar-refractivity contribution in [3.63, 3.8) is 0 Å². The van der Waals surface area contributed by atoms with Crippen LogP contribution in [0.1, 0.15) is 0 Å². The first-order valence-electron chi connectivity index (χ1n) is 16.2. The summed E-state index contributed by atoms with van der Waals surface area (Å²) in [6.45, 7) is 0. The molecular formula is C32H14CuF16N8-2. The van der Waals surface area contributed by atoms with Gasteiger partial charge >= 0.3 is 17.1 Å². The normalized spacial score (nSPS) is 35.6. The van der Waals surface area contributed by atoms with Gasteiger partial charge in [0.25, 0.3) is 0 Å². The third-order valence-corrected chi connectivity index (χ3v) is 10.7. The zero-order chi connectivity index (χ0) is 40.1. The molecule has 5 heterocycles. The minimum atomic E-state index is -3.25. The summed E-state index contributed by atoms with van der Waals surface area (Å²) in [4.78, 5) is 22.3. The molecule has 307 valence electrons. The summed E-state index contributed by atoms with van der Waals surface area (Å²) in [6, 6.07) is 0. The van der Waals surface area contributed by atoms with Crippen LogP contribution >= 0.6 is 0 Å². The summed E-state index contributed by atoms with van der Waals surface area (Å²) in [6.07, 6.45) is -30.0. The van der Waals surface area contributed by atoms with Crippen LogP contribution < -0.4 is 20.9 Å². The molecule has 2 aliphatic carbocycles. The van der Waals surface area contributed by atoms with E-state index in [1.165, 1.54) is 0 Å². The van der Waals surface area contributed by atoms with E-state index in [0.29, 0.717) is 0 Å². The molecule has 3 aliphatic heterocycles. The Morgan fingerprint density at radius 1 is 0.368 bits per heavy atom. The fraction of sp³-hybridized carbons (Fsp3) is 0.438. The zero-order valence-corrected chi connectivity index (χ0v) is 28.0. The maximum Gasteiger partial charge on any atom is 2.00 e. The molecule has 14 unspecified atom stereocenters. The molecular weight excluding hydrogens is 864 g/mol. The monoisotopic (exact) mass is 877 g/mol. The Labute approximate surface area is 315 Å². The SMILES string of the molecule is Fc1c(F)c(F)c2c3[n-]c(c2c1F)N=C1[N-]C(N=c2[n-]c(c4c(F)c(F)c(F)c(F)c24)=NC2[N-]C(=N3)C3C(F)C(F)C(F)C(F)C23)C2C(F)C(F)C(F)C(F)C12.[Cu+2]. The average molecular weight is 878 g/mol. The molecule has 2 aromatic carbocycles. The Morgan fingerprint density at radius 2 is 0.684 bits per heavy atom. The predicted molar refractivity (Wildman–Crippen MR) is 158 cm³/mol. The Balaban J connectivity index is 0.00000455. The molecule has 5 aliphatic rings. The predicted octanol–water partition coefficient (Wildman–Crippen LogP) is 6.65. The summed E-state index contributed by atoms with van der Waals surface area (Å²) >= 11 is 0. The van der Waals surface area contributed by atoms with Crippen LogP contribution in [0.5, 0.6) is 0 Å². The molecule has 1 radical (unpaired) electrons. The number of hydrogen-bond acceptors (Lipinski definition) is 4. The smallest absolute Gasteiger partial charge is 0.459 e. The number of rotatable bonds is 0. The van der Waals surface area contributed by atoms with Crippen LogP contribution in [-0.4, -0.2) is 73.4 Å². The van der Waals surface area contributed by atoms with Gasteiger partial charge in [0.1, 0.15) is 24.7 Å². The fourth-order valence-corrected chi connectivity index (χ4v) is 8.07. The second-order valence-electron chi connectivity index (χ2n) is 13.6. The fourth-order valence-electron chi connectivity index (χ4n) is 8.07. The van der Waals surface area contributed by atoms with E-state index in [1.54, 1.807) is 0 Å². The Kier molecular flexibility index (Phi) is 9.13. The summed E-state index contributed by atoms with van der Waals surface area (Å²) < 4.78 is 242. The van der Waals surface area contributed by atoms with E-state index < -0.39 is 188 Å². The van der Waals surface area contributed by atoms with Gasteiger partial charge in [-0.25, -0.2) is 70.2 Å². The number of aromatic nitrogens is 2. The summed E-state index contributed by atoms with van der Waals surface area (Å²) in [5, 5.41) is 1.95. The van der Waals surface area contributed by atoms with Crippen LogP contribution in [0.15, 0.2) is 20.0 Å². The van der Waals surface area contributed by atoms with Crippen LogP contribution in [0.3, 0.4) is 0 Å². The molecule has 25 heteroatoms. The minimum absolute atomic E-state index is 0. The van der Waals surface area contributed by atoms with Crippen molar-refractivity contribution in [3.05, 3.63) is 68.1 Å². The maximum absolute atomic E-state index is 15.6. The number of alkyl halides is 8. The van der Waals surface area contributed by atoms with E-state index in [1.807, 2.05) is 0 Å². The number of halogens is 16. The first kappa shape index (κ1) is 39.3. The van der Waals surface area contributed by atoms with Crippen molar-refractivity contribution in [2.45, 2.75) is 61.7 Å². The molecule has 0 spiro atoms. The second-order valence-corrected chi connectivity index (χ2v) is 13.6. The van der Waals surface area contributed by atoms with E-state index in [4.69, 9.17) is 0 Å². The third kappa shape index (κ3) is 5.21. The van der Waals surface area contributed by atoms with Gasteiger partial charge in [0.2, 0.25) is 0 Å². The zero-order valence-electron chi connectivity index (χ0n) is 27.0. The summed E-state index contributed by atoms with van der Waals surface area (Å²) in [5.74, 6) is -33.1. The van der Waals surface area contributed by atoms with Crippen molar-refractivity contribution < 1.29 is 87.3 Å². The van der Waals surface area contributed by atoms with E-state index in [2.05, 4.69) is 40.6 Å². The van der Waals surface area contributed by atoms with Gasteiger partial charge in [-0.15, -0.1) is 0 Å². The number of benzene rings is 2. The van der Waals surface area contributed by atoms with Gasteiger partial charge in [-0.2, -0.15) is 0 Å². The topological polar surface area (TPSA) is 106 Å². The molecule has 0 N–H and O–H groups in total. The van der Waals surface area contributed by atoms with Gasteiger partial charge in [0.05, 0.1) is 0 Å². The molecule has 57 heavy (non-hydrogen) atoms. The number of fused-ring (bicyclic) bond motifs is 20. The largest absolute Gasteiger partial charge is 2.00 e. The number of aliphatic imine (C=N–C) groups is 2. The summed E-state index contributed by atoms with van der Waals surface area (Å²) in [5.41, 5.74) is -2.53. The molecule has 2 saturated heterocycles. The molecule has 2 aromatic heterocycles. The van der Waals surface area contributed by atoms with Crippen LogP contribution in [0.25, 0.3) is 32.2 Å². The van der Waals surface area contributed by atoms with Crippen LogP contribution in [0.2, 0.25) is 0 Å². The summed E-state index contributed by atoms with van der Waals surface area (Å²) in [7, 11) is 0. The quantitative estimate of drug-likeness (QED) is 0.0855. The van der Waals surface area contributed by atoms with Gasteiger partial charge in [-0.05, 0) is 11.6 Å². The van der Waals surface area contributed by atoms with Crippen LogP contribution in [0.4, 0.5) is 81.9 Å². The molecule has 9 rings (SSSR count). The molecule has 8 bridgehead atoms. The molecule has 14 atom stereocenters. The first-order chi connectivity index (χ1) is 26.4. The minimum Gasteiger partial charge on any atom is -0.459 e. The Hall–Kier alpha value is -4.54. The number of hydrogen-bond donors (Lipinski definition) is 0. The van der Waals surface area contributed by atoms with Crippen LogP contribution in [-0.2, 0) is 17.1 Å². The van der Waals surface area contributed by atoms with Gasteiger partial charge in [-0.3, -0.25) is 0 Å². The van der Waals surface area contributed by atoms with Crippen molar-refractivity contribution in [3.8, 4) is 0 Å². The van der Waals surface area contributed by atoms with Crippen molar-refractivity contribution in [2.24, 2.45) is 43.6 Å². The molecule has 8 nitrogen and oxygen atoms in total. The second kappa shape index (κ2) is 13.2. The van der Waals surface area contributed by atoms with E-state index in [-0.39, 0.29) is 17.1 Å².